The summed E-state index contributed by atoms with van der Waals surface area (Å²) < 4.78 is 8.05. The predicted molar refractivity (Wildman–Crippen MR) is 95.8 cm³/mol. The fraction of sp³-hybridized carbons (Fsp3) is 0.333. The second kappa shape index (κ2) is 9.10. The van der Waals surface area contributed by atoms with Crippen LogP contribution < -0.4 is 5.56 Å². The van der Waals surface area contributed by atoms with E-state index >= 15 is 0 Å². The minimum Gasteiger partial charge on any atom is -0.494 e. The van der Waals surface area contributed by atoms with Crippen molar-refractivity contribution in [2.75, 3.05) is 6.61 Å². The zero-order valence-electron chi connectivity index (χ0n) is 13.2. The molecule has 0 saturated heterocycles. The van der Waals surface area contributed by atoms with Crippen molar-refractivity contribution in [3.8, 4) is 0 Å². The van der Waals surface area contributed by atoms with Gasteiger partial charge in [0.25, 0.3) is 5.56 Å². The Labute approximate surface area is 141 Å². The van der Waals surface area contributed by atoms with Crippen LogP contribution in [0, 0.1) is 4.77 Å². The third-order valence-corrected chi connectivity index (χ3v) is 3.90. The van der Waals surface area contributed by atoms with Gasteiger partial charge in [0.2, 0.25) is 0 Å². The smallest absolute Gasteiger partial charge is 0.251 e. The van der Waals surface area contributed by atoms with Crippen molar-refractivity contribution in [1.29, 1.82) is 0 Å². The van der Waals surface area contributed by atoms with Gasteiger partial charge in [0.1, 0.15) is 5.76 Å². The first-order valence-electron chi connectivity index (χ1n) is 7.84. The molecule has 2 aromatic rings. The second-order valence-corrected chi connectivity index (χ2v) is 5.74. The van der Waals surface area contributed by atoms with E-state index in [1.807, 2.05) is 34.9 Å². The molecule has 23 heavy (non-hydrogen) atoms. The van der Waals surface area contributed by atoms with E-state index in [4.69, 9.17) is 17.0 Å². The summed E-state index contributed by atoms with van der Waals surface area (Å²) in [5.41, 5.74) is 0.877. The Morgan fingerprint density at radius 3 is 2.61 bits per heavy atom. The molecular weight excluding hydrogens is 308 g/mol. The van der Waals surface area contributed by atoms with Crippen LogP contribution in [0.15, 0.2) is 54.0 Å². The Morgan fingerprint density at radius 1 is 1.13 bits per heavy atom. The second-order valence-electron chi connectivity index (χ2n) is 5.36. The maximum Gasteiger partial charge on any atom is 0.251 e. The van der Waals surface area contributed by atoms with Crippen LogP contribution >= 0.6 is 12.2 Å². The number of nitrogens with one attached hydrogen (secondary N) is 1. The van der Waals surface area contributed by atoms with Gasteiger partial charge in [0.05, 0.1) is 6.61 Å². The lowest BCUT2D eigenvalue weighted by atomic mass is 10.2. The van der Waals surface area contributed by atoms with Crippen molar-refractivity contribution in [3.63, 3.8) is 0 Å². The van der Waals surface area contributed by atoms with E-state index < -0.39 is 0 Å². The molecule has 0 unspecified atom stereocenters. The van der Waals surface area contributed by atoms with Crippen molar-refractivity contribution in [1.82, 2.24) is 9.55 Å². The zero-order valence-corrected chi connectivity index (χ0v) is 14.0. The van der Waals surface area contributed by atoms with E-state index in [-0.39, 0.29) is 5.56 Å². The van der Waals surface area contributed by atoms with Gasteiger partial charge in [-0.3, -0.25) is 9.78 Å². The maximum absolute atomic E-state index is 11.1. The minimum atomic E-state index is -0.151. The quantitative estimate of drug-likeness (QED) is 0.427. The zero-order chi connectivity index (χ0) is 16.5. The van der Waals surface area contributed by atoms with E-state index in [1.165, 1.54) is 6.07 Å². The van der Waals surface area contributed by atoms with Gasteiger partial charge in [-0.1, -0.05) is 49.8 Å². The number of H-pyrrole nitrogens is 1. The molecule has 1 N–H and O–H groups in total. The van der Waals surface area contributed by atoms with Crippen molar-refractivity contribution in [2.24, 2.45) is 0 Å². The molecule has 0 saturated carbocycles. The minimum absolute atomic E-state index is 0.151. The van der Waals surface area contributed by atoms with Crippen LogP contribution in [0.5, 0.6) is 0 Å². The molecule has 5 heteroatoms. The monoisotopic (exact) mass is 330 g/mol. The van der Waals surface area contributed by atoms with E-state index in [9.17, 15) is 4.79 Å². The summed E-state index contributed by atoms with van der Waals surface area (Å²) in [6, 6.07) is 11.4. The molecule has 1 aromatic heterocycles. The molecule has 1 aromatic carbocycles. The lowest BCUT2D eigenvalue weighted by Gasteiger charge is -2.09. The molecule has 122 valence electrons. The third kappa shape index (κ3) is 5.87. The highest BCUT2D eigenvalue weighted by atomic mass is 32.1. The predicted octanol–water partition coefficient (Wildman–Crippen LogP) is 4.15. The molecule has 0 radical (unpaired) electrons. The summed E-state index contributed by atoms with van der Waals surface area (Å²) in [4.78, 5) is 13.7. The molecule has 0 aliphatic rings. The van der Waals surface area contributed by atoms with Crippen LogP contribution in [0.1, 0.15) is 31.2 Å². The van der Waals surface area contributed by atoms with Crippen LogP contribution in [-0.2, 0) is 11.3 Å². The van der Waals surface area contributed by atoms with Crippen LogP contribution in [0.2, 0.25) is 0 Å². The molecule has 0 aliphatic heterocycles. The van der Waals surface area contributed by atoms with Gasteiger partial charge in [0, 0.05) is 24.4 Å². The Hall–Kier alpha value is -2.14. The lowest BCUT2D eigenvalue weighted by Crippen LogP contribution is -2.11. The van der Waals surface area contributed by atoms with Gasteiger partial charge in [-0.25, -0.2) is 0 Å². The lowest BCUT2D eigenvalue weighted by molar-refractivity contribution is 0.267. The molecule has 0 spiro atoms. The summed E-state index contributed by atoms with van der Waals surface area (Å²) in [6.45, 7) is 5.46. The molecule has 4 nitrogen and oxygen atoms in total. The topological polar surface area (TPSA) is 47.0 Å². The Balaban J connectivity index is 1.58. The number of hydrogen-bond acceptors (Lipinski definition) is 3. The number of ether oxygens (including phenoxy) is 1. The molecule has 0 atom stereocenters. The first-order chi connectivity index (χ1) is 11.2. The van der Waals surface area contributed by atoms with Gasteiger partial charge < -0.3 is 9.30 Å². The van der Waals surface area contributed by atoms with Crippen LogP contribution in [0.25, 0.3) is 5.76 Å². The van der Waals surface area contributed by atoms with Crippen molar-refractivity contribution < 1.29 is 4.74 Å². The highest BCUT2D eigenvalue weighted by Gasteiger charge is 1.99. The van der Waals surface area contributed by atoms with E-state index in [0.717, 1.165) is 43.6 Å². The van der Waals surface area contributed by atoms with Crippen molar-refractivity contribution >= 4 is 18.0 Å². The average Bonchev–Trinajstić information content (AvgIpc) is 2.56. The highest BCUT2D eigenvalue weighted by Crippen LogP contribution is 2.13. The normalized spacial score (nSPS) is 10.4. The first kappa shape index (κ1) is 17.2. The largest absolute Gasteiger partial charge is 0.494 e. The summed E-state index contributed by atoms with van der Waals surface area (Å²) in [6.07, 6.45) is 5.97. The first-order valence-corrected chi connectivity index (χ1v) is 8.24. The molecular formula is C18H22N2O2S. The van der Waals surface area contributed by atoms with Gasteiger partial charge in [-0.15, -0.1) is 0 Å². The van der Waals surface area contributed by atoms with Crippen LogP contribution in [0.4, 0.5) is 0 Å². The molecule has 0 fully saturated rings. The highest BCUT2D eigenvalue weighted by molar-refractivity contribution is 7.71. The van der Waals surface area contributed by atoms with E-state index in [2.05, 4.69) is 11.6 Å². The Kier molecular flexibility index (Phi) is 6.81. The van der Waals surface area contributed by atoms with Gasteiger partial charge in [-0.2, -0.15) is 0 Å². The maximum atomic E-state index is 11.1. The number of rotatable bonds is 9. The van der Waals surface area contributed by atoms with Crippen molar-refractivity contribution in [3.05, 3.63) is 69.9 Å². The van der Waals surface area contributed by atoms with Gasteiger partial charge in [-0.05, 0) is 25.1 Å². The van der Waals surface area contributed by atoms with Gasteiger partial charge >= 0.3 is 0 Å². The fourth-order valence-corrected chi connectivity index (χ4v) is 2.51. The third-order valence-electron chi connectivity index (χ3n) is 3.56. The summed E-state index contributed by atoms with van der Waals surface area (Å²) in [7, 11) is 0. The Morgan fingerprint density at radius 2 is 1.87 bits per heavy atom. The van der Waals surface area contributed by atoms with E-state index in [0.29, 0.717) is 11.4 Å². The molecule has 0 bridgehead atoms. The van der Waals surface area contributed by atoms with Crippen LogP contribution in [-0.4, -0.2) is 16.2 Å². The molecule has 1 heterocycles. The number of aromatic amines is 1. The Bertz CT molecular complexity index is 734. The number of nitrogens with zero attached hydrogens (tertiary/aromatic N) is 1. The summed E-state index contributed by atoms with van der Waals surface area (Å²) in [5.74, 6) is 0.727. The standard InChI is InChI=1S/C18H22N2O2S/c1-15(16-9-5-4-6-10-16)22-14-8-3-2-7-12-20-13-11-17(21)19-18(20)23/h4-6,9-11,13H,1-3,7-8,12,14H2,(H,19,21,23). The molecule has 0 aliphatic carbocycles. The van der Waals surface area contributed by atoms with Crippen molar-refractivity contribution in [2.45, 2.75) is 32.2 Å². The van der Waals surface area contributed by atoms with Crippen LogP contribution in [0.3, 0.4) is 0 Å². The molecule has 2 rings (SSSR count). The number of hydrogen-bond donors (Lipinski definition) is 1. The number of unbranched alkanes of at least 4 members (excludes halogenated alkanes) is 3. The SMILES string of the molecule is C=C(OCCCCCCn1ccc(=O)[nH]c1=S)c1ccccc1. The average molecular weight is 330 g/mol. The van der Waals surface area contributed by atoms with Gasteiger partial charge in [0.15, 0.2) is 4.77 Å². The number of benzene rings is 1. The number of aromatic nitrogens is 2. The summed E-state index contributed by atoms with van der Waals surface area (Å²) >= 11 is 5.11. The van der Waals surface area contributed by atoms with E-state index in [1.54, 1.807) is 6.20 Å². The number of aryl methyl sites for hydroxylation is 1. The summed E-state index contributed by atoms with van der Waals surface area (Å²) in [5, 5.41) is 0. The fourth-order valence-electron chi connectivity index (χ4n) is 2.26. The molecule has 0 amide bonds.